The summed E-state index contributed by atoms with van der Waals surface area (Å²) in [4.78, 5) is 22.9. The maximum Gasteiger partial charge on any atom is 0.309 e. The molecule has 0 aliphatic heterocycles. The Labute approximate surface area is 103 Å². The zero-order valence-electron chi connectivity index (χ0n) is 11.0. The van der Waals surface area contributed by atoms with E-state index in [1.807, 2.05) is 6.92 Å². The molecule has 0 bridgehead atoms. The number of amides is 1. The molecule has 1 saturated carbocycles. The Morgan fingerprint density at radius 1 is 1.35 bits per heavy atom. The van der Waals surface area contributed by atoms with E-state index in [0.717, 1.165) is 25.7 Å². The van der Waals surface area contributed by atoms with Gasteiger partial charge in [-0.2, -0.15) is 0 Å². The van der Waals surface area contributed by atoms with Gasteiger partial charge in [0.05, 0.1) is 5.41 Å². The molecule has 17 heavy (non-hydrogen) atoms. The van der Waals surface area contributed by atoms with Crippen molar-refractivity contribution in [2.75, 3.05) is 6.54 Å². The van der Waals surface area contributed by atoms with Crippen molar-refractivity contribution in [1.29, 1.82) is 0 Å². The molecule has 1 fully saturated rings. The van der Waals surface area contributed by atoms with Crippen LogP contribution in [0.1, 0.15) is 52.9 Å². The predicted octanol–water partition coefficient (Wildman–Crippen LogP) is 2.18. The highest BCUT2D eigenvalue weighted by atomic mass is 16.4. The van der Waals surface area contributed by atoms with E-state index in [1.54, 1.807) is 13.8 Å². The largest absolute Gasteiger partial charge is 0.481 e. The third kappa shape index (κ3) is 2.99. The lowest BCUT2D eigenvalue weighted by atomic mass is 9.66. The Kier molecular flexibility index (Phi) is 4.17. The number of carbonyl (C=O) groups excluding carboxylic acids is 1. The molecule has 98 valence electrons. The van der Waals surface area contributed by atoms with Crippen LogP contribution in [0.5, 0.6) is 0 Å². The zero-order chi connectivity index (χ0) is 13.1. The molecule has 0 spiro atoms. The summed E-state index contributed by atoms with van der Waals surface area (Å²) in [7, 11) is 0. The second kappa shape index (κ2) is 5.07. The van der Waals surface area contributed by atoms with Crippen LogP contribution < -0.4 is 5.32 Å². The van der Waals surface area contributed by atoms with Crippen LogP contribution in [0.15, 0.2) is 0 Å². The van der Waals surface area contributed by atoms with Crippen LogP contribution in [0.4, 0.5) is 0 Å². The Morgan fingerprint density at radius 3 is 2.29 bits per heavy atom. The first-order chi connectivity index (χ1) is 7.84. The van der Waals surface area contributed by atoms with E-state index >= 15 is 0 Å². The molecule has 0 radical (unpaired) electrons. The van der Waals surface area contributed by atoms with Crippen molar-refractivity contribution in [2.45, 2.75) is 52.9 Å². The van der Waals surface area contributed by atoms with Gasteiger partial charge in [0.15, 0.2) is 0 Å². The fourth-order valence-corrected chi connectivity index (χ4v) is 2.13. The van der Waals surface area contributed by atoms with Gasteiger partial charge in [0, 0.05) is 12.0 Å². The maximum absolute atomic E-state index is 12.0. The summed E-state index contributed by atoms with van der Waals surface area (Å²) >= 11 is 0. The summed E-state index contributed by atoms with van der Waals surface area (Å²) in [5, 5.41) is 11.8. The molecule has 0 aromatic rings. The molecule has 0 atom stereocenters. The summed E-state index contributed by atoms with van der Waals surface area (Å²) in [5.41, 5.74) is -0.931. The molecule has 1 aliphatic rings. The van der Waals surface area contributed by atoms with E-state index in [-0.39, 0.29) is 11.3 Å². The molecule has 1 aliphatic carbocycles. The van der Waals surface area contributed by atoms with Crippen molar-refractivity contribution in [2.24, 2.45) is 10.8 Å². The fraction of sp³-hybridized carbons (Fsp3) is 0.846. The highest BCUT2D eigenvalue weighted by molar-refractivity contribution is 5.83. The molecular weight excluding hydrogens is 218 g/mol. The molecule has 2 N–H and O–H groups in total. The number of hydrogen-bond acceptors (Lipinski definition) is 2. The molecular formula is C13H23NO3. The molecule has 4 nitrogen and oxygen atoms in total. The first-order valence-corrected chi connectivity index (χ1v) is 6.36. The zero-order valence-corrected chi connectivity index (χ0v) is 11.0. The third-order valence-corrected chi connectivity index (χ3v) is 4.08. The van der Waals surface area contributed by atoms with E-state index in [4.69, 9.17) is 5.11 Å². The van der Waals surface area contributed by atoms with Crippen molar-refractivity contribution in [3.8, 4) is 0 Å². The molecule has 1 rings (SSSR count). The summed E-state index contributed by atoms with van der Waals surface area (Å²) < 4.78 is 0. The highest BCUT2D eigenvalue weighted by Gasteiger charge is 2.42. The lowest BCUT2D eigenvalue weighted by Crippen LogP contribution is -2.46. The van der Waals surface area contributed by atoms with Gasteiger partial charge >= 0.3 is 5.97 Å². The van der Waals surface area contributed by atoms with Crippen LogP contribution in [0.25, 0.3) is 0 Å². The lowest BCUT2D eigenvalue weighted by molar-refractivity contribution is -0.147. The van der Waals surface area contributed by atoms with Gasteiger partial charge in [0.1, 0.15) is 0 Å². The van der Waals surface area contributed by atoms with Gasteiger partial charge in [0.25, 0.3) is 0 Å². The number of nitrogens with one attached hydrogen (secondary N) is 1. The van der Waals surface area contributed by atoms with Crippen LogP contribution in [0, 0.1) is 10.8 Å². The minimum atomic E-state index is -0.819. The van der Waals surface area contributed by atoms with Crippen LogP contribution in [-0.2, 0) is 9.59 Å². The third-order valence-electron chi connectivity index (χ3n) is 4.08. The van der Waals surface area contributed by atoms with Gasteiger partial charge in [-0.25, -0.2) is 0 Å². The summed E-state index contributed by atoms with van der Waals surface area (Å²) in [6, 6.07) is 0. The Morgan fingerprint density at radius 2 is 1.94 bits per heavy atom. The smallest absolute Gasteiger partial charge is 0.309 e. The van der Waals surface area contributed by atoms with Crippen LogP contribution in [0.3, 0.4) is 0 Å². The van der Waals surface area contributed by atoms with E-state index in [9.17, 15) is 9.59 Å². The summed E-state index contributed by atoms with van der Waals surface area (Å²) in [5.74, 6) is -0.715. The van der Waals surface area contributed by atoms with Gasteiger partial charge in [0.2, 0.25) is 5.91 Å². The minimum Gasteiger partial charge on any atom is -0.481 e. The van der Waals surface area contributed by atoms with E-state index in [0.29, 0.717) is 13.0 Å². The maximum atomic E-state index is 12.0. The number of aliphatic carboxylic acids is 1. The Balaban J connectivity index is 2.37. The second-order valence-electron chi connectivity index (χ2n) is 5.68. The molecule has 4 heteroatoms. The monoisotopic (exact) mass is 241 g/mol. The molecule has 0 saturated heterocycles. The van der Waals surface area contributed by atoms with Crippen LogP contribution in [-0.4, -0.2) is 23.5 Å². The van der Waals surface area contributed by atoms with Gasteiger partial charge < -0.3 is 10.4 Å². The van der Waals surface area contributed by atoms with Crippen LogP contribution >= 0.6 is 0 Å². The second-order valence-corrected chi connectivity index (χ2v) is 5.68. The number of hydrogen-bond donors (Lipinski definition) is 2. The Hall–Kier alpha value is -1.06. The Bertz CT molecular complexity index is 300. The van der Waals surface area contributed by atoms with E-state index in [2.05, 4.69) is 5.32 Å². The number of carboxylic acids is 1. The molecule has 0 unspecified atom stereocenters. The minimum absolute atomic E-state index is 0.104. The van der Waals surface area contributed by atoms with Crippen molar-refractivity contribution in [3.05, 3.63) is 0 Å². The van der Waals surface area contributed by atoms with Crippen LogP contribution in [0.2, 0.25) is 0 Å². The number of rotatable bonds is 6. The first-order valence-electron chi connectivity index (χ1n) is 6.36. The quantitative estimate of drug-likeness (QED) is 0.749. The average Bonchev–Trinajstić information content (AvgIpc) is 2.16. The summed E-state index contributed by atoms with van der Waals surface area (Å²) in [6.07, 6.45) is 4.41. The molecule has 0 aromatic carbocycles. The van der Waals surface area contributed by atoms with E-state index < -0.39 is 11.4 Å². The standard InChI is InChI=1S/C13H23NO3/c1-4-13(6-5-7-13)10(15)14-9-8-12(2,3)11(16)17/h4-9H2,1-3H3,(H,14,15)(H,16,17). The fourth-order valence-electron chi connectivity index (χ4n) is 2.13. The summed E-state index contributed by atoms with van der Waals surface area (Å²) in [6.45, 7) is 5.85. The van der Waals surface area contributed by atoms with Crippen molar-refractivity contribution in [3.63, 3.8) is 0 Å². The predicted molar refractivity (Wildman–Crippen MR) is 65.6 cm³/mol. The molecule has 0 heterocycles. The van der Waals surface area contributed by atoms with Gasteiger partial charge in [-0.1, -0.05) is 13.3 Å². The number of carboxylic acid groups (broad SMARTS) is 1. The SMILES string of the molecule is CCC1(C(=O)NCCC(C)(C)C(=O)O)CCC1. The average molecular weight is 241 g/mol. The van der Waals surface area contributed by atoms with Gasteiger partial charge in [-0.05, 0) is 39.5 Å². The first kappa shape index (κ1) is 14.0. The lowest BCUT2D eigenvalue weighted by Gasteiger charge is -2.39. The molecule has 0 aromatic heterocycles. The van der Waals surface area contributed by atoms with Crippen molar-refractivity contribution >= 4 is 11.9 Å². The number of carbonyl (C=O) groups is 2. The topological polar surface area (TPSA) is 66.4 Å². The van der Waals surface area contributed by atoms with Gasteiger partial charge in [-0.15, -0.1) is 0 Å². The molecule has 1 amide bonds. The van der Waals surface area contributed by atoms with Crippen molar-refractivity contribution in [1.82, 2.24) is 5.32 Å². The van der Waals surface area contributed by atoms with Crippen molar-refractivity contribution < 1.29 is 14.7 Å². The van der Waals surface area contributed by atoms with E-state index in [1.165, 1.54) is 0 Å². The van der Waals surface area contributed by atoms with Gasteiger partial charge in [-0.3, -0.25) is 9.59 Å². The highest BCUT2D eigenvalue weighted by Crippen LogP contribution is 2.43. The normalized spacial score (nSPS) is 18.3.